The van der Waals surface area contributed by atoms with Crippen LogP contribution in [0.5, 0.6) is 0 Å². The Kier molecular flexibility index (Phi) is 3.28. The molecule has 0 bridgehead atoms. The maximum atomic E-state index is 10.1. The molecule has 0 aliphatic heterocycles. The number of rotatable bonds is 3. The first kappa shape index (κ1) is 13.2. The predicted octanol–water partition coefficient (Wildman–Crippen LogP) is -0.857. The fraction of sp³-hybridized carbons (Fsp3) is 0.583. The van der Waals surface area contributed by atoms with Crippen LogP contribution in [0.2, 0.25) is 0 Å². The van der Waals surface area contributed by atoms with Crippen molar-refractivity contribution in [2.75, 3.05) is 19.0 Å². The molecule has 8 nitrogen and oxygen atoms in total. The van der Waals surface area contributed by atoms with Crippen LogP contribution in [0.1, 0.15) is 12.5 Å². The molecule has 2 aromatic heterocycles. The lowest BCUT2D eigenvalue weighted by molar-refractivity contribution is -0.00370. The Balaban J connectivity index is 2.03. The van der Waals surface area contributed by atoms with Gasteiger partial charge >= 0.3 is 0 Å². The third-order valence-corrected chi connectivity index (χ3v) is 3.96. The average molecular weight is 279 g/mol. The molecule has 3 rings (SSSR count). The van der Waals surface area contributed by atoms with Gasteiger partial charge in [-0.05, 0) is 6.42 Å². The molecule has 2 heterocycles. The van der Waals surface area contributed by atoms with E-state index in [1.807, 2.05) is 0 Å². The highest BCUT2D eigenvalue weighted by atomic mass is 16.3. The van der Waals surface area contributed by atoms with Gasteiger partial charge in [-0.3, -0.25) is 0 Å². The van der Waals surface area contributed by atoms with E-state index in [9.17, 15) is 15.3 Å². The number of aliphatic hydroxyl groups excluding tert-OH is 3. The molecule has 20 heavy (non-hydrogen) atoms. The Morgan fingerprint density at radius 2 is 2.10 bits per heavy atom. The second-order valence-corrected chi connectivity index (χ2v) is 5.02. The van der Waals surface area contributed by atoms with E-state index in [2.05, 4.69) is 20.3 Å². The van der Waals surface area contributed by atoms with Gasteiger partial charge in [-0.2, -0.15) is 0 Å². The highest BCUT2D eigenvalue weighted by molar-refractivity contribution is 5.82. The predicted molar refractivity (Wildman–Crippen MR) is 71.1 cm³/mol. The molecule has 4 N–H and O–H groups in total. The summed E-state index contributed by atoms with van der Waals surface area (Å²) in [4.78, 5) is 12.5. The monoisotopic (exact) mass is 279 g/mol. The molecular formula is C12H17N5O3. The first-order chi connectivity index (χ1) is 9.67. The number of hydrogen-bond acceptors (Lipinski definition) is 7. The van der Waals surface area contributed by atoms with Crippen LogP contribution in [0.4, 0.5) is 5.82 Å². The van der Waals surface area contributed by atoms with E-state index in [1.165, 1.54) is 6.33 Å². The Bertz CT molecular complexity index is 616. The van der Waals surface area contributed by atoms with E-state index in [0.29, 0.717) is 23.4 Å². The topological polar surface area (TPSA) is 116 Å². The van der Waals surface area contributed by atoms with Crippen molar-refractivity contribution in [1.82, 2.24) is 19.5 Å². The van der Waals surface area contributed by atoms with E-state index in [1.54, 1.807) is 17.9 Å². The summed E-state index contributed by atoms with van der Waals surface area (Å²) < 4.78 is 1.74. The molecular weight excluding hydrogens is 262 g/mol. The van der Waals surface area contributed by atoms with Gasteiger partial charge in [0, 0.05) is 19.6 Å². The molecule has 0 aromatic carbocycles. The summed E-state index contributed by atoms with van der Waals surface area (Å²) in [5.41, 5.74) is 1.21. The Labute approximate surface area is 115 Å². The molecule has 4 atom stereocenters. The largest absolute Gasteiger partial charge is 0.396 e. The van der Waals surface area contributed by atoms with E-state index in [-0.39, 0.29) is 18.6 Å². The molecule has 2 aromatic rings. The summed E-state index contributed by atoms with van der Waals surface area (Å²) in [6, 6.07) is -0.355. The van der Waals surface area contributed by atoms with Gasteiger partial charge in [0.05, 0.1) is 18.5 Å². The van der Waals surface area contributed by atoms with Gasteiger partial charge in [-0.25, -0.2) is 15.0 Å². The van der Waals surface area contributed by atoms with Crippen LogP contribution >= 0.6 is 0 Å². The van der Waals surface area contributed by atoms with Crippen molar-refractivity contribution in [3.05, 3.63) is 12.7 Å². The quantitative estimate of drug-likeness (QED) is 0.578. The maximum absolute atomic E-state index is 10.1. The Morgan fingerprint density at radius 1 is 1.30 bits per heavy atom. The normalized spacial score (nSPS) is 30.0. The molecule has 1 saturated carbocycles. The second kappa shape index (κ2) is 4.97. The van der Waals surface area contributed by atoms with Crippen molar-refractivity contribution in [2.24, 2.45) is 5.92 Å². The van der Waals surface area contributed by atoms with Gasteiger partial charge in [0.2, 0.25) is 0 Å². The van der Waals surface area contributed by atoms with Crippen LogP contribution in [-0.2, 0) is 0 Å². The Hall–Kier alpha value is -1.77. The lowest BCUT2D eigenvalue weighted by atomic mass is 10.1. The fourth-order valence-electron chi connectivity index (χ4n) is 2.83. The number of fused-ring (bicyclic) bond motifs is 1. The highest BCUT2D eigenvalue weighted by Gasteiger charge is 2.42. The number of aliphatic hydroxyl groups is 3. The minimum absolute atomic E-state index is 0.155. The molecule has 0 radical (unpaired) electrons. The minimum Gasteiger partial charge on any atom is -0.396 e. The molecule has 0 spiro atoms. The molecule has 0 unspecified atom stereocenters. The van der Waals surface area contributed by atoms with Crippen molar-refractivity contribution < 1.29 is 15.3 Å². The summed E-state index contributed by atoms with van der Waals surface area (Å²) in [7, 11) is 1.75. The fourth-order valence-corrected chi connectivity index (χ4v) is 2.83. The standard InChI is InChI=1S/C12H17N5O3/c1-13-11-8-12(15-4-14-11)17(5-16-8)7-2-6(3-18)9(19)10(7)20/h4-7,9-10,18-20H,2-3H2,1H3,(H,13,14,15)/t6-,7-,9+,10-/m1/s1. The number of anilines is 1. The van der Waals surface area contributed by atoms with E-state index >= 15 is 0 Å². The maximum Gasteiger partial charge on any atom is 0.165 e. The van der Waals surface area contributed by atoms with Crippen molar-refractivity contribution >= 4 is 17.0 Å². The highest BCUT2D eigenvalue weighted by Crippen LogP contribution is 2.36. The molecule has 0 amide bonds. The smallest absolute Gasteiger partial charge is 0.165 e. The van der Waals surface area contributed by atoms with Gasteiger partial charge in [-0.1, -0.05) is 0 Å². The van der Waals surface area contributed by atoms with Gasteiger partial charge in [0.25, 0.3) is 0 Å². The third-order valence-electron chi connectivity index (χ3n) is 3.96. The second-order valence-electron chi connectivity index (χ2n) is 5.02. The zero-order chi connectivity index (χ0) is 14.3. The van der Waals surface area contributed by atoms with Crippen LogP contribution in [0, 0.1) is 5.92 Å². The molecule has 1 aliphatic carbocycles. The minimum atomic E-state index is -0.947. The number of hydrogen-bond donors (Lipinski definition) is 4. The summed E-state index contributed by atoms with van der Waals surface area (Å²) >= 11 is 0. The SMILES string of the molecule is CNc1ncnc2c1ncn2[C@@H]1C[C@H](CO)[C@H](O)[C@@H]1O. The number of aromatic nitrogens is 4. The van der Waals surface area contributed by atoms with Gasteiger partial charge in [0.1, 0.15) is 17.9 Å². The van der Waals surface area contributed by atoms with Crippen LogP contribution < -0.4 is 5.32 Å². The number of nitrogens with one attached hydrogen (secondary N) is 1. The van der Waals surface area contributed by atoms with E-state index in [4.69, 9.17) is 0 Å². The van der Waals surface area contributed by atoms with E-state index in [0.717, 1.165) is 0 Å². The Morgan fingerprint density at radius 3 is 2.75 bits per heavy atom. The van der Waals surface area contributed by atoms with Crippen LogP contribution in [0.25, 0.3) is 11.2 Å². The zero-order valence-electron chi connectivity index (χ0n) is 11.0. The number of nitrogens with zero attached hydrogens (tertiary/aromatic N) is 4. The van der Waals surface area contributed by atoms with Gasteiger partial charge in [0.15, 0.2) is 11.5 Å². The van der Waals surface area contributed by atoms with E-state index < -0.39 is 12.2 Å². The molecule has 0 saturated heterocycles. The van der Waals surface area contributed by atoms with Gasteiger partial charge in [-0.15, -0.1) is 0 Å². The van der Waals surface area contributed by atoms with Crippen LogP contribution in [0.15, 0.2) is 12.7 Å². The van der Waals surface area contributed by atoms with Crippen molar-refractivity contribution in [3.8, 4) is 0 Å². The van der Waals surface area contributed by atoms with Crippen LogP contribution in [-0.4, -0.2) is 60.7 Å². The zero-order valence-corrected chi connectivity index (χ0v) is 11.0. The lowest BCUT2D eigenvalue weighted by Gasteiger charge is -2.18. The molecule has 8 heteroatoms. The lowest BCUT2D eigenvalue weighted by Crippen LogP contribution is -2.30. The summed E-state index contributed by atoms with van der Waals surface area (Å²) in [5.74, 6) is 0.276. The summed E-state index contributed by atoms with van der Waals surface area (Å²) in [6.07, 6.45) is 1.60. The summed E-state index contributed by atoms with van der Waals surface area (Å²) in [6.45, 7) is -0.155. The first-order valence-corrected chi connectivity index (χ1v) is 6.49. The van der Waals surface area contributed by atoms with Crippen molar-refractivity contribution in [1.29, 1.82) is 0 Å². The van der Waals surface area contributed by atoms with Crippen molar-refractivity contribution in [3.63, 3.8) is 0 Å². The number of imidazole rings is 1. The molecule has 108 valence electrons. The first-order valence-electron chi connectivity index (χ1n) is 6.49. The summed E-state index contributed by atoms with van der Waals surface area (Å²) in [5, 5.41) is 32.2. The van der Waals surface area contributed by atoms with Gasteiger partial charge < -0.3 is 25.2 Å². The van der Waals surface area contributed by atoms with Crippen LogP contribution in [0.3, 0.4) is 0 Å². The average Bonchev–Trinajstić information content (AvgIpc) is 3.01. The van der Waals surface area contributed by atoms with Crippen molar-refractivity contribution in [2.45, 2.75) is 24.7 Å². The third kappa shape index (κ3) is 1.84. The molecule has 1 aliphatic rings. The molecule has 1 fully saturated rings.